The monoisotopic (exact) mass is 445 g/mol. The van der Waals surface area contributed by atoms with Crippen LogP contribution in [0.25, 0.3) is 0 Å². The second-order valence-corrected chi connectivity index (χ2v) is 7.72. The van der Waals surface area contributed by atoms with Crippen molar-refractivity contribution < 1.29 is 24.1 Å². The van der Waals surface area contributed by atoms with Crippen molar-refractivity contribution in [2.45, 2.75) is 12.1 Å². The third kappa shape index (κ3) is 3.39. The van der Waals surface area contributed by atoms with E-state index >= 15 is 0 Å². The molecule has 0 bridgehead atoms. The van der Waals surface area contributed by atoms with Crippen LogP contribution in [-0.2, 0) is 14.4 Å². The highest BCUT2D eigenvalue weighted by molar-refractivity contribution is 6.23. The Hall–Kier alpha value is -4.24. The first-order chi connectivity index (χ1) is 16.0. The van der Waals surface area contributed by atoms with Crippen molar-refractivity contribution in [2.75, 3.05) is 17.1 Å². The molecule has 2 saturated heterocycles. The Morgan fingerprint density at radius 1 is 0.909 bits per heavy atom. The van der Waals surface area contributed by atoms with Gasteiger partial charge in [0, 0.05) is 12.1 Å². The molecule has 0 aliphatic carbocycles. The number of anilines is 2. The fraction of sp³-hybridized carbons (Fsp3) is 0.167. The van der Waals surface area contributed by atoms with Crippen molar-refractivity contribution in [1.82, 2.24) is 0 Å². The van der Waals surface area contributed by atoms with Crippen molar-refractivity contribution in [2.24, 2.45) is 5.92 Å². The van der Waals surface area contributed by atoms with E-state index in [9.17, 15) is 19.7 Å². The molecular formula is C24H19N3O6. The Bertz CT molecular complexity index is 1230. The molecule has 3 aromatic carbocycles. The molecule has 0 saturated carbocycles. The lowest BCUT2D eigenvalue weighted by molar-refractivity contribution is -0.384. The third-order valence-corrected chi connectivity index (χ3v) is 5.88. The van der Waals surface area contributed by atoms with Crippen LogP contribution in [-0.4, -0.2) is 30.0 Å². The van der Waals surface area contributed by atoms with E-state index in [2.05, 4.69) is 0 Å². The molecule has 0 aromatic heterocycles. The summed E-state index contributed by atoms with van der Waals surface area (Å²) in [6.07, 6.45) is -1.05. The number of rotatable bonds is 5. The molecule has 0 unspecified atom stereocenters. The van der Waals surface area contributed by atoms with Gasteiger partial charge in [0.05, 0.1) is 29.4 Å². The maximum Gasteiger partial charge on any atom is 0.269 e. The van der Waals surface area contributed by atoms with Gasteiger partial charge < -0.3 is 4.74 Å². The van der Waals surface area contributed by atoms with Crippen molar-refractivity contribution in [3.05, 3.63) is 94.5 Å². The number of para-hydroxylation sites is 1. The smallest absolute Gasteiger partial charge is 0.269 e. The quantitative estimate of drug-likeness (QED) is 0.336. The molecular weight excluding hydrogens is 426 g/mol. The fourth-order valence-electron chi connectivity index (χ4n) is 4.36. The number of carbonyl (C=O) groups is 2. The van der Waals surface area contributed by atoms with Gasteiger partial charge in [-0.1, -0.05) is 30.3 Å². The maximum absolute atomic E-state index is 13.6. The van der Waals surface area contributed by atoms with Gasteiger partial charge in [-0.15, -0.1) is 0 Å². The third-order valence-electron chi connectivity index (χ3n) is 5.88. The Kier molecular flexibility index (Phi) is 5.02. The molecule has 9 heteroatoms. The molecule has 9 nitrogen and oxygen atoms in total. The lowest BCUT2D eigenvalue weighted by Gasteiger charge is -2.28. The van der Waals surface area contributed by atoms with Crippen LogP contribution in [0.5, 0.6) is 5.75 Å². The van der Waals surface area contributed by atoms with Gasteiger partial charge in [0.1, 0.15) is 11.7 Å². The molecule has 166 valence electrons. The largest absolute Gasteiger partial charge is 0.497 e. The number of ether oxygens (including phenoxy) is 1. The Morgan fingerprint density at radius 2 is 1.64 bits per heavy atom. The van der Waals surface area contributed by atoms with Gasteiger partial charge in [-0.2, -0.15) is 0 Å². The summed E-state index contributed by atoms with van der Waals surface area (Å²) in [6, 6.07) is 21.0. The van der Waals surface area contributed by atoms with Crippen LogP contribution in [0.15, 0.2) is 78.9 Å². The van der Waals surface area contributed by atoms with E-state index in [4.69, 9.17) is 9.57 Å². The molecule has 3 atom stereocenters. The first-order valence-corrected chi connectivity index (χ1v) is 10.3. The number of nitro benzene ring substituents is 1. The van der Waals surface area contributed by atoms with Crippen LogP contribution in [0, 0.1) is 16.0 Å². The van der Waals surface area contributed by atoms with Crippen LogP contribution in [0.1, 0.15) is 11.6 Å². The highest BCUT2D eigenvalue weighted by Crippen LogP contribution is 2.48. The SMILES string of the molecule is COc1ccc(N2C(=O)[C@@H]3[C@H](ON(c4ccccc4)[C@@H]3c3cccc([N+](=O)[O-])c3)C2=O)cc1. The van der Waals surface area contributed by atoms with Crippen molar-refractivity contribution in [1.29, 1.82) is 0 Å². The van der Waals surface area contributed by atoms with E-state index in [1.165, 1.54) is 24.3 Å². The average molecular weight is 445 g/mol. The van der Waals surface area contributed by atoms with Crippen molar-refractivity contribution in [3.63, 3.8) is 0 Å². The zero-order valence-corrected chi connectivity index (χ0v) is 17.5. The van der Waals surface area contributed by atoms with E-state index in [1.54, 1.807) is 48.5 Å². The fourth-order valence-corrected chi connectivity index (χ4v) is 4.36. The summed E-state index contributed by atoms with van der Waals surface area (Å²) in [5.41, 5.74) is 1.46. The number of hydrogen-bond donors (Lipinski definition) is 0. The van der Waals surface area contributed by atoms with Gasteiger partial charge in [-0.3, -0.25) is 24.5 Å². The summed E-state index contributed by atoms with van der Waals surface area (Å²) >= 11 is 0. The van der Waals surface area contributed by atoms with Crippen LogP contribution >= 0.6 is 0 Å². The van der Waals surface area contributed by atoms with E-state index in [0.717, 1.165) is 4.90 Å². The van der Waals surface area contributed by atoms with Crippen LogP contribution in [0.3, 0.4) is 0 Å². The number of nitro groups is 1. The predicted octanol–water partition coefficient (Wildman–Crippen LogP) is 3.65. The number of methoxy groups -OCH3 is 1. The van der Waals surface area contributed by atoms with E-state index in [0.29, 0.717) is 22.7 Å². The molecule has 2 heterocycles. The second-order valence-electron chi connectivity index (χ2n) is 7.72. The molecule has 3 aromatic rings. The maximum atomic E-state index is 13.6. The van der Waals surface area contributed by atoms with Crippen LogP contribution in [0.2, 0.25) is 0 Å². The average Bonchev–Trinajstić information content (AvgIpc) is 3.36. The molecule has 5 rings (SSSR count). The van der Waals surface area contributed by atoms with Gasteiger partial charge in [0.2, 0.25) is 5.91 Å². The number of carbonyl (C=O) groups excluding carboxylic acids is 2. The lowest BCUT2D eigenvalue weighted by atomic mass is 9.90. The van der Waals surface area contributed by atoms with E-state index in [1.807, 2.05) is 18.2 Å². The van der Waals surface area contributed by atoms with Gasteiger partial charge in [-0.05, 0) is 42.0 Å². The molecule has 0 spiro atoms. The topological polar surface area (TPSA) is 102 Å². The number of amides is 2. The number of benzene rings is 3. The summed E-state index contributed by atoms with van der Waals surface area (Å²) < 4.78 is 5.15. The molecule has 2 amide bonds. The normalized spacial score (nSPS) is 21.9. The minimum atomic E-state index is -1.05. The van der Waals surface area contributed by atoms with Gasteiger partial charge in [-0.25, -0.2) is 9.96 Å². The Labute approximate surface area is 188 Å². The van der Waals surface area contributed by atoms with E-state index < -0.39 is 34.8 Å². The molecule has 2 aliphatic heterocycles. The Morgan fingerprint density at radius 3 is 2.30 bits per heavy atom. The minimum absolute atomic E-state index is 0.104. The first-order valence-electron chi connectivity index (χ1n) is 10.3. The summed E-state index contributed by atoms with van der Waals surface area (Å²) in [5, 5.41) is 12.9. The molecule has 0 radical (unpaired) electrons. The van der Waals surface area contributed by atoms with Crippen molar-refractivity contribution in [3.8, 4) is 5.75 Å². The van der Waals surface area contributed by atoms with Crippen LogP contribution < -0.4 is 14.7 Å². The Balaban J connectivity index is 1.58. The summed E-state index contributed by atoms with van der Waals surface area (Å²) in [4.78, 5) is 44.9. The predicted molar refractivity (Wildman–Crippen MR) is 119 cm³/mol. The summed E-state index contributed by atoms with van der Waals surface area (Å²) in [7, 11) is 1.53. The molecule has 33 heavy (non-hydrogen) atoms. The summed E-state index contributed by atoms with van der Waals surface area (Å²) in [5.74, 6) is -1.19. The number of fused-ring (bicyclic) bond motifs is 1. The lowest BCUT2D eigenvalue weighted by Crippen LogP contribution is -2.37. The number of non-ortho nitro benzene ring substituents is 1. The number of hydroxylamine groups is 1. The second kappa shape index (κ2) is 8.03. The number of hydrogen-bond acceptors (Lipinski definition) is 7. The standard InChI is InChI=1S/C24H19N3O6/c1-32-19-12-10-16(11-13-19)25-23(28)20-21(15-6-5-9-18(14-15)27(30)31)26(33-22(20)24(25)29)17-7-3-2-4-8-17/h2-14,20-22H,1H3/t20-,21+,22-/m0/s1. The van der Waals surface area contributed by atoms with Crippen LogP contribution in [0.4, 0.5) is 17.1 Å². The highest BCUT2D eigenvalue weighted by Gasteiger charge is 2.60. The van der Waals surface area contributed by atoms with Crippen molar-refractivity contribution >= 4 is 28.9 Å². The zero-order valence-electron chi connectivity index (χ0n) is 17.5. The number of imide groups is 1. The highest BCUT2D eigenvalue weighted by atomic mass is 16.7. The minimum Gasteiger partial charge on any atom is -0.497 e. The van der Waals surface area contributed by atoms with Gasteiger partial charge >= 0.3 is 0 Å². The molecule has 0 N–H and O–H groups in total. The van der Waals surface area contributed by atoms with Gasteiger partial charge in [0.25, 0.3) is 11.6 Å². The zero-order chi connectivity index (χ0) is 23.1. The van der Waals surface area contributed by atoms with E-state index in [-0.39, 0.29) is 5.69 Å². The summed E-state index contributed by atoms with van der Waals surface area (Å²) in [6.45, 7) is 0. The number of nitrogens with zero attached hydrogens (tertiary/aromatic N) is 3. The van der Waals surface area contributed by atoms with Gasteiger partial charge in [0.15, 0.2) is 6.10 Å². The molecule has 2 fully saturated rings. The first kappa shape index (κ1) is 20.7. The molecule has 2 aliphatic rings.